The van der Waals surface area contributed by atoms with Crippen molar-refractivity contribution in [1.29, 1.82) is 0 Å². The first-order chi connectivity index (χ1) is 22.8. The summed E-state index contributed by atoms with van der Waals surface area (Å²) in [6.45, 7) is 0. The molecule has 0 spiro atoms. The van der Waals surface area contributed by atoms with Gasteiger partial charge >= 0.3 is 0 Å². The molecule has 0 N–H and O–H groups in total. The number of para-hydroxylation sites is 2. The third-order valence-corrected chi connectivity index (χ3v) is 9.14. The second-order valence-corrected chi connectivity index (χ2v) is 11.8. The van der Waals surface area contributed by atoms with E-state index in [1.165, 1.54) is 43.1 Å². The van der Waals surface area contributed by atoms with Crippen LogP contribution in [0, 0.1) is 0 Å². The van der Waals surface area contributed by atoms with Crippen LogP contribution in [-0.2, 0) is 0 Å². The molecule has 0 aromatic heterocycles. The van der Waals surface area contributed by atoms with Gasteiger partial charge in [0.1, 0.15) is 0 Å². The highest BCUT2D eigenvalue weighted by Crippen LogP contribution is 2.48. The van der Waals surface area contributed by atoms with Gasteiger partial charge in [0.2, 0.25) is 0 Å². The molecule has 0 aliphatic rings. The summed E-state index contributed by atoms with van der Waals surface area (Å²) in [4.78, 5) is 4.85. The van der Waals surface area contributed by atoms with E-state index in [1.54, 1.807) is 0 Å². The van der Waals surface area contributed by atoms with Gasteiger partial charge in [-0.2, -0.15) is 0 Å². The first kappa shape index (κ1) is 26.3. The molecule has 9 aromatic rings. The number of hydrogen-bond acceptors (Lipinski definition) is 2. The van der Waals surface area contributed by atoms with Crippen LogP contribution in [0.2, 0.25) is 0 Å². The number of rotatable bonds is 6. The van der Waals surface area contributed by atoms with Gasteiger partial charge in [-0.25, -0.2) is 0 Å². The third kappa shape index (κ3) is 4.27. The molecule has 0 saturated heterocycles. The van der Waals surface area contributed by atoms with Crippen LogP contribution in [0.5, 0.6) is 0 Å². The van der Waals surface area contributed by atoms with Crippen LogP contribution in [0.1, 0.15) is 0 Å². The highest BCUT2D eigenvalue weighted by molar-refractivity contribution is 6.15. The number of fused-ring (bicyclic) bond motifs is 8. The number of hydrogen-bond donors (Lipinski definition) is 0. The predicted octanol–water partition coefficient (Wildman–Crippen LogP) is 12.7. The summed E-state index contributed by atoms with van der Waals surface area (Å²) >= 11 is 0. The molecule has 46 heavy (non-hydrogen) atoms. The Morgan fingerprint density at radius 3 is 1.07 bits per heavy atom. The fraction of sp³-hybridized carbons (Fsp3) is 0. The second kappa shape index (κ2) is 10.8. The zero-order chi connectivity index (χ0) is 30.5. The van der Waals surface area contributed by atoms with Crippen molar-refractivity contribution in [1.82, 2.24) is 0 Å². The van der Waals surface area contributed by atoms with Crippen LogP contribution in [0.15, 0.2) is 182 Å². The Labute approximate surface area is 268 Å². The molecule has 2 nitrogen and oxygen atoms in total. The maximum Gasteiger partial charge on any atom is 0.0541 e. The van der Waals surface area contributed by atoms with E-state index in [0.29, 0.717) is 0 Å². The molecule has 0 amide bonds. The van der Waals surface area contributed by atoms with Crippen LogP contribution in [0.25, 0.3) is 43.1 Å². The van der Waals surface area contributed by atoms with E-state index in [2.05, 4.69) is 192 Å². The van der Waals surface area contributed by atoms with E-state index in [4.69, 9.17) is 0 Å². The molecule has 0 fully saturated rings. The lowest BCUT2D eigenvalue weighted by Crippen LogP contribution is -2.13. The fourth-order valence-corrected chi connectivity index (χ4v) is 7.03. The van der Waals surface area contributed by atoms with Crippen molar-refractivity contribution >= 4 is 77.2 Å². The van der Waals surface area contributed by atoms with Gasteiger partial charge in [0.05, 0.1) is 22.7 Å². The van der Waals surface area contributed by atoms with Crippen molar-refractivity contribution in [2.24, 2.45) is 0 Å². The Kier molecular flexibility index (Phi) is 6.17. The normalized spacial score (nSPS) is 11.5. The highest BCUT2D eigenvalue weighted by atomic mass is 15.2. The minimum Gasteiger partial charge on any atom is -0.309 e. The summed E-state index contributed by atoms with van der Waals surface area (Å²) in [6, 6.07) is 65.9. The molecular weight excluding hydrogens is 556 g/mol. The quantitative estimate of drug-likeness (QED) is 0.191. The molecule has 9 aromatic carbocycles. The summed E-state index contributed by atoms with van der Waals surface area (Å²) in [5.74, 6) is 0. The average Bonchev–Trinajstić information content (AvgIpc) is 3.13. The maximum atomic E-state index is 2.42. The van der Waals surface area contributed by atoms with E-state index in [0.717, 1.165) is 34.1 Å². The van der Waals surface area contributed by atoms with Crippen molar-refractivity contribution in [3.8, 4) is 0 Å². The van der Waals surface area contributed by atoms with Crippen molar-refractivity contribution in [3.63, 3.8) is 0 Å². The average molecular weight is 587 g/mol. The smallest absolute Gasteiger partial charge is 0.0541 e. The molecule has 0 unspecified atom stereocenters. The molecule has 9 rings (SSSR count). The van der Waals surface area contributed by atoms with Gasteiger partial charge in [0.15, 0.2) is 0 Å². The number of nitrogens with zero attached hydrogens (tertiary/aromatic N) is 2. The molecule has 0 radical (unpaired) electrons. The van der Waals surface area contributed by atoms with E-state index in [-0.39, 0.29) is 0 Å². The standard InChI is InChI=1S/C44H30N2/c1-3-17-35(18-4-1)45(41-23-11-15-31-13-7-9-21-37(31)41)43-27-25-33-29-39(43)40-30-34(33)26-28-44(40)46(36-19-5-2-6-20-36)42-24-12-16-32-14-8-10-22-38(32)42/h1-30H. The molecule has 2 heteroatoms. The van der Waals surface area contributed by atoms with Gasteiger partial charge in [-0.1, -0.05) is 121 Å². The first-order valence-corrected chi connectivity index (χ1v) is 15.8. The van der Waals surface area contributed by atoms with Crippen LogP contribution in [0.3, 0.4) is 0 Å². The van der Waals surface area contributed by atoms with Crippen LogP contribution < -0.4 is 9.80 Å². The summed E-state index contributed by atoms with van der Waals surface area (Å²) < 4.78 is 0. The minimum absolute atomic E-state index is 1.13. The lowest BCUT2D eigenvalue weighted by Gasteiger charge is -2.31. The largest absolute Gasteiger partial charge is 0.309 e. The summed E-state index contributed by atoms with van der Waals surface area (Å²) in [7, 11) is 0. The summed E-state index contributed by atoms with van der Waals surface area (Å²) in [5.41, 5.74) is 6.86. The first-order valence-electron chi connectivity index (χ1n) is 15.8. The second-order valence-electron chi connectivity index (χ2n) is 11.8. The molecule has 0 saturated carbocycles. The SMILES string of the molecule is c1ccc(N(c2cccc3ccccc23)c2ccc3cc2c2cc3ccc2N(c2ccccc2)c2cccc3ccccc23)cc1. The lowest BCUT2D eigenvalue weighted by atomic mass is 9.96. The molecular formula is C44H30N2. The molecule has 0 aliphatic carbocycles. The Balaban J connectivity index is 1.36. The van der Waals surface area contributed by atoms with Crippen molar-refractivity contribution in [2.75, 3.05) is 9.80 Å². The summed E-state index contributed by atoms with van der Waals surface area (Å²) in [5, 5.41) is 9.77. The Morgan fingerprint density at radius 2 is 0.609 bits per heavy atom. The third-order valence-electron chi connectivity index (χ3n) is 9.14. The fourth-order valence-electron chi connectivity index (χ4n) is 7.03. The van der Waals surface area contributed by atoms with Gasteiger partial charge in [-0.15, -0.1) is 0 Å². The number of anilines is 6. The monoisotopic (exact) mass is 586 g/mol. The molecule has 0 heterocycles. The summed E-state index contributed by atoms with van der Waals surface area (Å²) in [6.07, 6.45) is 0. The molecule has 216 valence electrons. The van der Waals surface area contributed by atoms with Crippen molar-refractivity contribution in [2.45, 2.75) is 0 Å². The molecule has 4 bridgehead atoms. The Hall–Kier alpha value is -6.12. The van der Waals surface area contributed by atoms with E-state index < -0.39 is 0 Å². The topological polar surface area (TPSA) is 6.48 Å². The highest BCUT2D eigenvalue weighted by Gasteiger charge is 2.22. The van der Waals surface area contributed by atoms with Gasteiger partial charge < -0.3 is 9.80 Å². The zero-order valence-corrected chi connectivity index (χ0v) is 25.2. The van der Waals surface area contributed by atoms with E-state index in [9.17, 15) is 0 Å². The number of benzene rings is 9. The Morgan fingerprint density at radius 1 is 0.239 bits per heavy atom. The zero-order valence-electron chi connectivity index (χ0n) is 25.2. The van der Waals surface area contributed by atoms with Crippen LogP contribution in [0.4, 0.5) is 34.1 Å². The van der Waals surface area contributed by atoms with Crippen LogP contribution >= 0.6 is 0 Å². The van der Waals surface area contributed by atoms with Crippen molar-refractivity contribution in [3.05, 3.63) is 182 Å². The maximum absolute atomic E-state index is 2.42. The van der Waals surface area contributed by atoms with Gasteiger partial charge in [0, 0.05) is 32.9 Å². The van der Waals surface area contributed by atoms with Gasteiger partial charge in [-0.3, -0.25) is 0 Å². The minimum atomic E-state index is 1.13. The van der Waals surface area contributed by atoms with Gasteiger partial charge in [-0.05, 0) is 82.2 Å². The van der Waals surface area contributed by atoms with E-state index >= 15 is 0 Å². The van der Waals surface area contributed by atoms with E-state index in [1.807, 2.05) is 0 Å². The lowest BCUT2D eigenvalue weighted by molar-refractivity contribution is 1.30. The molecule has 0 aliphatic heterocycles. The van der Waals surface area contributed by atoms with Gasteiger partial charge in [0.25, 0.3) is 0 Å². The van der Waals surface area contributed by atoms with Crippen molar-refractivity contribution < 1.29 is 0 Å². The predicted molar refractivity (Wildman–Crippen MR) is 197 cm³/mol. The molecule has 0 atom stereocenters. The van der Waals surface area contributed by atoms with Crippen LogP contribution in [-0.4, -0.2) is 0 Å². The Bertz CT molecular complexity index is 2300.